The lowest BCUT2D eigenvalue weighted by Crippen LogP contribution is -2.33. The van der Waals surface area contributed by atoms with Gasteiger partial charge in [0.05, 0.1) is 10.4 Å². The number of benzene rings is 2. The summed E-state index contributed by atoms with van der Waals surface area (Å²) in [6.45, 7) is 4.45. The number of nitrogens with zero attached hydrogens (tertiary/aromatic N) is 2. The molecule has 0 spiro atoms. The van der Waals surface area contributed by atoms with E-state index in [-0.39, 0.29) is 0 Å². The van der Waals surface area contributed by atoms with Crippen molar-refractivity contribution in [3.8, 4) is 0 Å². The molecule has 0 aliphatic carbocycles. The van der Waals surface area contributed by atoms with Crippen LogP contribution in [0.25, 0.3) is 20.2 Å². The number of thiophene rings is 1. The van der Waals surface area contributed by atoms with Crippen molar-refractivity contribution in [1.29, 1.82) is 0 Å². The largest absolute Gasteiger partial charge is 0.359 e. The van der Waals surface area contributed by atoms with E-state index in [0.29, 0.717) is 6.17 Å². The van der Waals surface area contributed by atoms with Gasteiger partial charge in [-0.1, -0.05) is 30.3 Å². The molecular weight excluding hydrogens is 276 g/mol. The van der Waals surface area contributed by atoms with Gasteiger partial charge in [0.25, 0.3) is 0 Å². The molecule has 0 amide bonds. The zero-order valence-corrected chi connectivity index (χ0v) is 13.3. The van der Waals surface area contributed by atoms with E-state index in [9.17, 15) is 0 Å². The lowest BCUT2D eigenvalue weighted by Gasteiger charge is -2.28. The van der Waals surface area contributed by atoms with Gasteiger partial charge in [-0.15, -0.1) is 11.3 Å². The molecule has 2 nitrogen and oxygen atoms in total. The van der Waals surface area contributed by atoms with Gasteiger partial charge in [0.2, 0.25) is 0 Å². The molecule has 21 heavy (non-hydrogen) atoms. The van der Waals surface area contributed by atoms with Crippen molar-refractivity contribution in [1.82, 2.24) is 4.90 Å². The van der Waals surface area contributed by atoms with Gasteiger partial charge in [-0.2, -0.15) is 0 Å². The fourth-order valence-electron chi connectivity index (χ4n) is 3.08. The normalized spacial score (nSPS) is 18.3. The molecule has 0 saturated carbocycles. The van der Waals surface area contributed by atoms with Crippen LogP contribution in [0.4, 0.5) is 5.69 Å². The molecule has 3 heteroatoms. The third kappa shape index (κ3) is 1.77. The maximum absolute atomic E-state index is 2.38. The molecule has 4 rings (SSSR count). The van der Waals surface area contributed by atoms with Crippen LogP contribution < -0.4 is 4.90 Å². The predicted octanol–water partition coefficient (Wildman–Crippen LogP) is 4.93. The summed E-state index contributed by atoms with van der Waals surface area (Å²) in [6, 6.07) is 13.2. The van der Waals surface area contributed by atoms with Crippen LogP contribution in [-0.2, 0) is 0 Å². The zero-order valence-electron chi connectivity index (χ0n) is 12.5. The number of rotatable bonds is 1. The van der Waals surface area contributed by atoms with E-state index < -0.39 is 0 Å². The average molecular weight is 294 g/mol. The highest BCUT2D eigenvalue weighted by Gasteiger charge is 2.24. The summed E-state index contributed by atoms with van der Waals surface area (Å²) in [7, 11) is 2.13. The maximum atomic E-state index is 2.38. The van der Waals surface area contributed by atoms with Crippen molar-refractivity contribution in [3.05, 3.63) is 54.4 Å². The lowest BCUT2D eigenvalue weighted by atomic mass is 10.1. The van der Waals surface area contributed by atoms with E-state index in [2.05, 4.69) is 79.5 Å². The minimum absolute atomic E-state index is 0.361. The van der Waals surface area contributed by atoms with E-state index in [1.807, 2.05) is 11.3 Å². The molecule has 0 saturated heterocycles. The summed E-state index contributed by atoms with van der Waals surface area (Å²) in [5.41, 5.74) is 2.68. The first-order chi connectivity index (χ1) is 10.2. The van der Waals surface area contributed by atoms with E-state index in [0.717, 1.165) is 0 Å². The van der Waals surface area contributed by atoms with E-state index >= 15 is 0 Å². The summed E-state index contributed by atoms with van der Waals surface area (Å²) in [6.07, 6.45) is 4.70. The Labute approximate surface area is 128 Å². The molecule has 106 valence electrons. The third-order valence-electron chi connectivity index (χ3n) is 4.44. The van der Waals surface area contributed by atoms with Gasteiger partial charge in [-0.25, -0.2) is 0 Å². The Morgan fingerprint density at radius 1 is 1.00 bits per heavy atom. The maximum Gasteiger partial charge on any atom is 0.102 e. The number of aryl methyl sites for hydroxylation is 1. The molecule has 0 fully saturated rings. The topological polar surface area (TPSA) is 6.48 Å². The Morgan fingerprint density at radius 2 is 1.81 bits per heavy atom. The Hall–Kier alpha value is -2.00. The van der Waals surface area contributed by atoms with E-state index in [1.54, 1.807) is 0 Å². The van der Waals surface area contributed by atoms with Gasteiger partial charge in [0.1, 0.15) is 6.17 Å². The van der Waals surface area contributed by atoms with Crippen LogP contribution in [0.1, 0.15) is 12.5 Å². The van der Waals surface area contributed by atoms with Gasteiger partial charge in [0, 0.05) is 34.9 Å². The summed E-state index contributed by atoms with van der Waals surface area (Å²) in [4.78, 5) is 4.62. The predicted molar refractivity (Wildman–Crippen MR) is 92.9 cm³/mol. The first kappa shape index (κ1) is 12.7. The van der Waals surface area contributed by atoms with E-state index in [4.69, 9.17) is 0 Å². The molecule has 1 atom stereocenters. The van der Waals surface area contributed by atoms with Gasteiger partial charge >= 0.3 is 0 Å². The number of fused-ring (bicyclic) bond motifs is 3. The molecule has 0 N–H and O–H groups in total. The number of hydrogen-bond acceptors (Lipinski definition) is 3. The van der Waals surface area contributed by atoms with Crippen molar-refractivity contribution in [2.75, 3.05) is 11.9 Å². The summed E-state index contributed by atoms with van der Waals surface area (Å²) < 4.78 is 2.76. The van der Waals surface area contributed by atoms with Crippen molar-refractivity contribution in [3.63, 3.8) is 0 Å². The minimum Gasteiger partial charge on any atom is -0.359 e. The second-order valence-electron chi connectivity index (χ2n) is 5.71. The Morgan fingerprint density at radius 3 is 2.57 bits per heavy atom. The van der Waals surface area contributed by atoms with E-state index in [1.165, 1.54) is 31.4 Å². The van der Waals surface area contributed by atoms with Gasteiger partial charge in [-0.3, -0.25) is 0 Å². The van der Waals surface area contributed by atoms with Crippen LogP contribution in [0.5, 0.6) is 0 Å². The van der Waals surface area contributed by atoms with Crippen LogP contribution in [-0.4, -0.2) is 18.1 Å². The minimum atomic E-state index is 0.361. The molecule has 1 aliphatic heterocycles. The SMILES string of the molecule is Cc1ccc2c(sc3ccccc32)c1N1C=CN(C)C1C. The first-order valence-electron chi connectivity index (χ1n) is 7.26. The Bertz CT molecular complexity index is 862. The van der Waals surface area contributed by atoms with Gasteiger partial charge < -0.3 is 9.80 Å². The van der Waals surface area contributed by atoms with Crippen LogP contribution in [0.2, 0.25) is 0 Å². The molecule has 1 aliphatic rings. The van der Waals surface area contributed by atoms with Crippen LogP contribution in [0, 0.1) is 6.92 Å². The molecule has 0 bridgehead atoms. The number of hydrogen-bond donors (Lipinski definition) is 0. The Balaban J connectivity index is 2.04. The summed E-state index contributed by atoms with van der Waals surface area (Å²) >= 11 is 1.90. The smallest absolute Gasteiger partial charge is 0.102 e. The highest BCUT2D eigenvalue weighted by atomic mass is 32.1. The molecular formula is C18H18N2S. The second-order valence-corrected chi connectivity index (χ2v) is 6.76. The standard InChI is InChI=1S/C18H18N2S/c1-12-8-9-15-14-6-4-5-7-16(14)21-18(15)17(12)20-11-10-19(3)13(20)2/h4-11,13H,1-3H3. The van der Waals surface area contributed by atoms with Crippen molar-refractivity contribution in [2.45, 2.75) is 20.0 Å². The fraction of sp³-hybridized carbons (Fsp3) is 0.222. The fourth-order valence-corrected chi connectivity index (χ4v) is 4.38. The summed E-state index contributed by atoms with van der Waals surface area (Å²) in [5, 5.41) is 2.73. The molecule has 0 radical (unpaired) electrons. The molecule has 2 heterocycles. The van der Waals surface area contributed by atoms with Crippen molar-refractivity contribution in [2.24, 2.45) is 0 Å². The van der Waals surface area contributed by atoms with Crippen molar-refractivity contribution < 1.29 is 0 Å². The van der Waals surface area contributed by atoms with Gasteiger partial charge in [0.15, 0.2) is 0 Å². The molecule has 1 aromatic heterocycles. The quantitative estimate of drug-likeness (QED) is 0.628. The average Bonchev–Trinajstić information content (AvgIpc) is 3.01. The molecule has 1 unspecified atom stereocenters. The zero-order chi connectivity index (χ0) is 14.6. The first-order valence-corrected chi connectivity index (χ1v) is 8.08. The highest BCUT2D eigenvalue weighted by Crippen LogP contribution is 2.42. The monoisotopic (exact) mass is 294 g/mol. The second kappa shape index (κ2) is 4.50. The third-order valence-corrected chi connectivity index (χ3v) is 5.63. The van der Waals surface area contributed by atoms with Crippen molar-refractivity contribution >= 4 is 37.2 Å². The highest BCUT2D eigenvalue weighted by molar-refractivity contribution is 7.26. The van der Waals surface area contributed by atoms with Crippen LogP contribution >= 0.6 is 11.3 Å². The van der Waals surface area contributed by atoms with Crippen LogP contribution in [0.3, 0.4) is 0 Å². The summed E-state index contributed by atoms with van der Waals surface area (Å²) in [5.74, 6) is 0. The number of anilines is 1. The molecule has 2 aromatic carbocycles. The van der Waals surface area contributed by atoms with Gasteiger partial charge in [-0.05, 0) is 25.5 Å². The molecule has 3 aromatic rings. The van der Waals surface area contributed by atoms with Crippen LogP contribution in [0.15, 0.2) is 48.8 Å². The Kier molecular flexibility index (Phi) is 2.73. The lowest BCUT2D eigenvalue weighted by molar-refractivity contribution is 0.383.